The van der Waals surface area contributed by atoms with Gasteiger partial charge in [-0.2, -0.15) is 0 Å². The highest BCUT2D eigenvalue weighted by Gasteiger charge is 2.42. The van der Waals surface area contributed by atoms with Crippen molar-refractivity contribution in [1.29, 1.82) is 0 Å². The number of ether oxygens (including phenoxy) is 1. The van der Waals surface area contributed by atoms with Crippen molar-refractivity contribution in [3.8, 4) is 0 Å². The monoisotopic (exact) mass is 342 g/mol. The molecule has 2 saturated heterocycles. The summed E-state index contributed by atoms with van der Waals surface area (Å²) in [5.74, 6) is 1.94. The zero-order valence-corrected chi connectivity index (χ0v) is 14.4. The Morgan fingerprint density at radius 1 is 1.24 bits per heavy atom. The summed E-state index contributed by atoms with van der Waals surface area (Å²) in [5.41, 5.74) is -0.356. The Hall–Kier alpha value is -2.41. The predicted molar refractivity (Wildman–Crippen MR) is 91.5 cm³/mol. The van der Waals surface area contributed by atoms with Crippen molar-refractivity contribution in [2.45, 2.75) is 25.4 Å². The summed E-state index contributed by atoms with van der Waals surface area (Å²) in [7, 11) is 0. The fourth-order valence-corrected chi connectivity index (χ4v) is 3.72. The standard InChI is InChI=1S/C18H22N4O3/c1-14-3-4-15(25-14)17(23)22-9-10-24-18(13-22)5-2-8-21(12-18)16-11-19-6-7-20-16/h3-4,6-7,11H,2,5,8-10,12-13H2,1H3. The van der Waals surface area contributed by atoms with E-state index in [9.17, 15) is 4.79 Å². The summed E-state index contributed by atoms with van der Waals surface area (Å²) in [4.78, 5) is 25.3. The highest BCUT2D eigenvalue weighted by Crippen LogP contribution is 2.31. The molecule has 2 aliphatic rings. The second kappa shape index (κ2) is 6.48. The van der Waals surface area contributed by atoms with Crippen LogP contribution in [0.5, 0.6) is 0 Å². The molecule has 1 amide bonds. The average molecular weight is 342 g/mol. The van der Waals surface area contributed by atoms with E-state index in [1.54, 1.807) is 24.7 Å². The number of furan rings is 1. The topological polar surface area (TPSA) is 71.7 Å². The first kappa shape index (κ1) is 16.1. The number of nitrogens with zero attached hydrogens (tertiary/aromatic N) is 4. The van der Waals surface area contributed by atoms with Crippen molar-refractivity contribution >= 4 is 11.7 Å². The van der Waals surface area contributed by atoms with Crippen LogP contribution in [-0.2, 0) is 4.74 Å². The van der Waals surface area contributed by atoms with Gasteiger partial charge in [0.2, 0.25) is 0 Å². The second-order valence-corrected chi connectivity index (χ2v) is 6.76. The molecule has 2 aliphatic heterocycles. The molecule has 7 nitrogen and oxygen atoms in total. The Kier molecular flexibility index (Phi) is 4.17. The second-order valence-electron chi connectivity index (χ2n) is 6.76. The van der Waals surface area contributed by atoms with Crippen molar-refractivity contribution in [2.24, 2.45) is 0 Å². The molecule has 4 heterocycles. The van der Waals surface area contributed by atoms with Crippen LogP contribution in [0.15, 0.2) is 35.1 Å². The van der Waals surface area contributed by atoms with Gasteiger partial charge >= 0.3 is 0 Å². The molecule has 25 heavy (non-hydrogen) atoms. The number of amides is 1. The van der Waals surface area contributed by atoms with E-state index < -0.39 is 0 Å². The molecular formula is C18H22N4O3. The molecule has 0 bridgehead atoms. The smallest absolute Gasteiger partial charge is 0.289 e. The predicted octanol–water partition coefficient (Wildman–Crippen LogP) is 1.89. The van der Waals surface area contributed by atoms with Gasteiger partial charge < -0.3 is 19.0 Å². The van der Waals surface area contributed by atoms with Gasteiger partial charge in [-0.15, -0.1) is 0 Å². The van der Waals surface area contributed by atoms with Gasteiger partial charge in [-0.05, 0) is 31.9 Å². The molecule has 1 atom stereocenters. The van der Waals surface area contributed by atoms with Crippen LogP contribution in [0.4, 0.5) is 5.82 Å². The van der Waals surface area contributed by atoms with E-state index in [-0.39, 0.29) is 11.5 Å². The molecular weight excluding hydrogens is 320 g/mol. The van der Waals surface area contributed by atoms with Crippen molar-refractivity contribution in [2.75, 3.05) is 37.7 Å². The van der Waals surface area contributed by atoms with Crippen molar-refractivity contribution < 1.29 is 13.9 Å². The maximum Gasteiger partial charge on any atom is 0.289 e. The largest absolute Gasteiger partial charge is 0.456 e. The number of hydrogen-bond donors (Lipinski definition) is 0. The molecule has 0 aliphatic carbocycles. The van der Waals surface area contributed by atoms with Crippen LogP contribution in [0.25, 0.3) is 0 Å². The number of carbonyl (C=O) groups is 1. The minimum absolute atomic E-state index is 0.0626. The van der Waals surface area contributed by atoms with E-state index in [0.717, 1.165) is 31.0 Å². The number of anilines is 1. The van der Waals surface area contributed by atoms with Crippen molar-refractivity contribution in [1.82, 2.24) is 14.9 Å². The summed E-state index contributed by atoms with van der Waals surface area (Å²) >= 11 is 0. The molecule has 4 rings (SSSR count). The van der Waals surface area contributed by atoms with Crippen molar-refractivity contribution in [3.05, 3.63) is 42.2 Å². The van der Waals surface area contributed by atoms with Crippen LogP contribution >= 0.6 is 0 Å². The lowest BCUT2D eigenvalue weighted by Crippen LogP contribution is -2.61. The van der Waals surface area contributed by atoms with Crippen molar-refractivity contribution in [3.63, 3.8) is 0 Å². The van der Waals surface area contributed by atoms with Crippen LogP contribution in [0.1, 0.15) is 29.2 Å². The quantitative estimate of drug-likeness (QED) is 0.830. The van der Waals surface area contributed by atoms with Gasteiger partial charge in [0.25, 0.3) is 5.91 Å². The van der Waals surface area contributed by atoms with Gasteiger partial charge in [0.15, 0.2) is 5.76 Å². The molecule has 0 N–H and O–H groups in total. The normalized spacial score (nSPS) is 23.9. The van der Waals surface area contributed by atoms with Gasteiger partial charge in [0, 0.05) is 25.5 Å². The minimum atomic E-state index is -0.356. The summed E-state index contributed by atoms with van der Waals surface area (Å²) < 4.78 is 11.7. The maximum absolute atomic E-state index is 12.7. The molecule has 1 unspecified atom stereocenters. The van der Waals surface area contributed by atoms with Gasteiger partial charge in [0.1, 0.15) is 17.2 Å². The fraction of sp³-hybridized carbons (Fsp3) is 0.500. The Bertz CT molecular complexity index is 744. The van der Waals surface area contributed by atoms with Gasteiger partial charge in [-0.25, -0.2) is 4.98 Å². The number of morpholine rings is 1. The molecule has 0 saturated carbocycles. The minimum Gasteiger partial charge on any atom is -0.456 e. The molecule has 132 valence electrons. The third kappa shape index (κ3) is 3.24. The number of aryl methyl sites for hydroxylation is 1. The van der Waals surface area contributed by atoms with E-state index in [2.05, 4.69) is 14.9 Å². The van der Waals surface area contributed by atoms with E-state index >= 15 is 0 Å². The van der Waals surface area contributed by atoms with Crippen LogP contribution in [0.2, 0.25) is 0 Å². The SMILES string of the molecule is Cc1ccc(C(=O)N2CCOC3(CCCN(c4cnccn4)C3)C2)o1. The first-order chi connectivity index (χ1) is 12.2. The summed E-state index contributed by atoms with van der Waals surface area (Å²) in [6, 6.07) is 3.56. The summed E-state index contributed by atoms with van der Waals surface area (Å²) in [6.45, 7) is 5.19. The summed E-state index contributed by atoms with van der Waals surface area (Å²) in [6.07, 6.45) is 7.08. The molecule has 2 fully saturated rings. The highest BCUT2D eigenvalue weighted by molar-refractivity contribution is 5.91. The zero-order chi connectivity index (χ0) is 17.3. The number of rotatable bonds is 2. The Balaban J connectivity index is 1.50. The molecule has 1 spiro atoms. The van der Waals surface area contributed by atoms with Crippen LogP contribution in [0.3, 0.4) is 0 Å². The first-order valence-corrected chi connectivity index (χ1v) is 8.66. The Labute approximate surface area is 146 Å². The molecule has 2 aromatic heterocycles. The van der Waals surface area contributed by atoms with Crippen LogP contribution in [0, 0.1) is 6.92 Å². The Morgan fingerprint density at radius 2 is 2.16 bits per heavy atom. The third-order valence-corrected chi connectivity index (χ3v) is 4.90. The van der Waals surface area contributed by atoms with Gasteiger partial charge in [-0.3, -0.25) is 9.78 Å². The lowest BCUT2D eigenvalue weighted by molar-refractivity contribution is -0.105. The fourth-order valence-electron chi connectivity index (χ4n) is 3.72. The van der Waals surface area contributed by atoms with Gasteiger partial charge in [0.05, 0.1) is 25.9 Å². The van der Waals surface area contributed by atoms with E-state index in [0.29, 0.717) is 32.0 Å². The van der Waals surface area contributed by atoms with E-state index in [1.165, 1.54) is 0 Å². The number of carbonyl (C=O) groups excluding carboxylic acids is 1. The first-order valence-electron chi connectivity index (χ1n) is 8.66. The summed E-state index contributed by atoms with van der Waals surface area (Å²) in [5, 5.41) is 0. The molecule has 2 aromatic rings. The van der Waals surface area contributed by atoms with Crippen LogP contribution in [-0.4, -0.2) is 59.2 Å². The van der Waals surface area contributed by atoms with Gasteiger partial charge in [-0.1, -0.05) is 0 Å². The lowest BCUT2D eigenvalue weighted by atomic mass is 9.90. The van der Waals surface area contributed by atoms with Crippen LogP contribution < -0.4 is 4.90 Å². The molecule has 0 radical (unpaired) electrons. The van der Waals surface area contributed by atoms with E-state index in [1.807, 2.05) is 17.9 Å². The van der Waals surface area contributed by atoms with E-state index in [4.69, 9.17) is 9.15 Å². The zero-order valence-electron chi connectivity index (χ0n) is 14.4. The maximum atomic E-state index is 12.7. The number of hydrogen-bond acceptors (Lipinski definition) is 6. The third-order valence-electron chi connectivity index (χ3n) is 4.90. The number of aromatic nitrogens is 2. The average Bonchev–Trinajstić information content (AvgIpc) is 3.08. The molecule has 7 heteroatoms. The Morgan fingerprint density at radius 3 is 2.92 bits per heavy atom. The number of piperidine rings is 1. The molecule has 0 aromatic carbocycles. The highest BCUT2D eigenvalue weighted by atomic mass is 16.5. The lowest BCUT2D eigenvalue weighted by Gasteiger charge is -2.48.